The molecule has 2 N–H and O–H groups in total. The van der Waals surface area contributed by atoms with E-state index < -0.39 is 5.60 Å². The third-order valence-electron chi connectivity index (χ3n) is 9.63. The Labute approximate surface area is 163 Å². The molecule has 0 heterocycles. The highest BCUT2D eigenvalue weighted by atomic mass is 16.5. The van der Waals surface area contributed by atoms with Crippen LogP contribution in [0.4, 0.5) is 0 Å². The summed E-state index contributed by atoms with van der Waals surface area (Å²) in [6, 6.07) is 0. The summed E-state index contributed by atoms with van der Waals surface area (Å²) >= 11 is 0. The fraction of sp³-hybridized carbons (Fsp3) is 0.833. The molecule has 3 heteroatoms. The molecular formula is C24H36O3. The largest absolute Gasteiger partial charge is 0.501 e. The first-order valence-corrected chi connectivity index (χ1v) is 11.3. The topological polar surface area (TPSA) is 49.7 Å². The van der Waals surface area contributed by atoms with Crippen LogP contribution >= 0.6 is 0 Å². The molecule has 5 aliphatic rings. The lowest BCUT2D eigenvalue weighted by Gasteiger charge is -2.56. The van der Waals surface area contributed by atoms with E-state index in [4.69, 9.17) is 4.74 Å². The predicted molar refractivity (Wildman–Crippen MR) is 106 cm³/mol. The Balaban J connectivity index is 1.43. The third-order valence-corrected chi connectivity index (χ3v) is 9.63. The molecule has 0 aromatic heterocycles. The zero-order valence-corrected chi connectivity index (χ0v) is 17.0. The molecule has 27 heavy (non-hydrogen) atoms. The van der Waals surface area contributed by atoms with Crippen LogP contribution in [0.1, 0.15) is 71.1 Å². The van der Waals surface area contributed by atoms with Crippen LogP contribution in [0.2, 0.25) is 0 Å². The zero-order valence-electron chi connectivity index (χ0n) is 17.0. The van der Waals surface area contributed by atoms with Gasteiger partial charge in [-0.2, -0.15) is 0 Å². The highest BCUT2D eigenvalue weighted by molar-refractivity contribution is 5.33. The second-order valence-electron chi connectivity index (χ2n) is 10.1. The van der Waals surface area contributed by atoms with Crippen molar-refractivity contribution in [3.8, 4) is 0 Å². The van der Waals surface area contributed by atoms with Crippen molar-refractivity contribution in [2.24, 2.45) is 35.0 Å². The first-order valence-electron chi connectivity index (χ1n) is 11.3. The Kier molecular flexibility index (Phi) is 4.29. The maximum Gasteiger partial charge on any atom is 0.0959 e. The van der Waals surface area contributed by atoms with Gasteiger partial charge in [-0.05, 0) is 93.5 Å². The van der Waals surface area contributed by atoms with E-state index in [9.17, 15) is 10.2 Å². The number of hydrogen-bond acceptors (Lipinski definition) is 3. The molecule has 0 bridgehead atoms. The van der Waals surface area contributed by atoms with Crippen LogP contribution in [0.5, 0.6) is 0 Å². The molecule has 5 aliphatic carbocycles. The standard InChI is InChI=1S/C24H36O3/c1-3-23-10-8-19-18-7-5-17(27-2)12-15(18)4-6-20(19)21(23)9-11-24(23,26)22-13-16(22)14-25/h5,16,19-22,25-26H,3-4,6-14H2,1-2H3/t16?,19?,20?,21?,22-,23?,24-/m1/s1. The highest BCUT2D eigenvalue weighted by Crippen LogP contribution is 2.70. The molecule has 0 amide bonds. The smallest absolute Gasteiger partial charge is 0.0959 e. The van der Waals surface area contributed by atoms with E-state index in [2.05, 4.69) is 13.0 Å². The van der Waals surface area contributed by atoms with E-state index in [1.807, 2.05) is 0 Å². The molecule has 0 aliphatic heterocycles. The monoisotopic (exact) mass is 372 g/mol. The molecule has 5 unspecified atom stereocenters. The second-order valence-corrected chi connectivity index (χ2v) is 10.1. The number of allylic oxidation sites excluding steroid dienone is 3. The molecular weight excluding hydrogens is 336 g/mol. The quantitative estimate of drug-likeness (QED) is 0.710. The van der Waals surface area contributed by atoms with Crippen molar-refractivity contribution < 1.29 is 14.9 Å². The molecule has 7 atom stereocenters. The highest BCUT2D eigenvalue weighted by Gasteiger charge is 2.68. The number of methoxy groups -OCH3 is 1. The van der Waals surface area contributed by atoms with Gasteiger partial charge < -0.3 is 14.9 Å². The summed E-state index contributed by atoms with van der Waals surface area (Å²) in [7, 11) is 1.80. The Hall–Kier alpha value is -0.800. The van der Waals surface area contributed by atoms with E-state index in [0.29, 0.717) is 17.8 Å². The summed E-state index contributed by atoms with van der Waals surface area (Å²) < 4.78 is 5.53. The Morgan fingerprint density at radius 2 is 2.04 bits per heavy atom. The Morgan fingerprint density at radius 1 is 1.19 bits per heavy atom. The number of rotatable bonds is 4. The van der Waals surface area contributed by atoms with E-state index >= 15 is 0 Å². The van der Waals surface area contributed by atoms with Crippen molar-refractivity contribution in [3.05, 3.63) is 23.0 Å². The summed E-state index contributed by atoms with van der Waals surface area (Å²) in [6.07, 6.45) is 13.7. The number of hydrogen-bond donors (Lipinski definition) is 2. The number of fused-ring (bicyclic) bond motifs is 4. The van der Waals surface area contributed by atoms with Crippen LogP contribution < -0.4 is 0 Å². The fourth-order valence-electron chi connectivity index (χ4n) is 8.25. The zero-order chi connectivity index (χ0) is 18.8. The minimum atomic E-state index is -0.519. The van der Waals surface area contributed by atoms with Crippen molar-refractivity contribution in [1.29, 1.82) is 0 Å². The van der Waals surface area contributed by atoms with Gasteiger partial charge in [-0.3, -0.25) is 0 Å². The van der Waals surface area contributed by atoms with Gasteiger partial charge in [0.1, 0.15) is 0 Å². The predicted octanol–water partition coefficient (Wildman–Crippen LogP) is 4.59. The van der Waals surface area contributed by atoms with Crippen LogP contribution in [0.25, 0.3) is 0 Å². The number of aliphatic hydroxyl groups excluding tert-OH is 1. The lowest BCUT2D eigenvalue weighted by molar-refractivity contribution is -0.136. The van der Waals surface area contributed by atoms with Gasteiger partial charge in [0, 0.05) is 18.4 Å². The van der Waals surface area contributed by atoms with Gasteiger partial charge in [0.15, 0.2) is 0 Å². The minimum Gasteiger partial charge on any atom is -0.501 e. The molecule has 3 saturated carbocycles. The van der Waals surface area contributed by atoms with Gasteiger partial charge in [-0.15, -0.1) is 0 Å². The normalized spacial score (nSPS) is 48.4. The Bertz CT molecular complexity index is 679. The molecule has 0 aromatic rings. The molecule has 3 fully saturated rings. The van der Waals surface area contributed by atoms with Crippen molar-refractivity contribution >= 4 is 0 Å². The van der Waals surface area contributed by atoms with Gasteiger partial charge >= 0.3 is 0 Å². The van der Waals surface area contributed by atoms with E-state index in [1.165, 1.54) is 32.1 Å². The minimum absolute atomic E-state index is 0.100. The maximum atomic E-state index is 11.9. The summed E-state index contributed by atoms with van der Waals surface area (Å²) in [5.74, 6) is 4.03. The summed E-state index contributed by atoms with van der Waals surface area (Å²) in [5.41, 5.74) is 2.97. The fourth-order valence-corrected chi connectivity index (χ4v) is 8.25. The van der Waals surface area contributed by atoms with Crippen molar-refractivity contribution in [1.82, 2.24) is 0 Å². The molecule has 3 nitrogen and oxygen atoms in total. The third kappa shape index (κ3) is 2.40. The molecule has 0 radical (unpaired) electrons. The van der Waals surface area contributed by atoms with E-state index in [-0.39, 0.29) is 12.0 Å². The van der Waals surface area contributed by atoms with Gasteiger partial charge in [0.25, 0.3) is 0 Å². The molecule has 0 spiro atoms. The van der Waals surface area contributed by atoms with Crippen LogP contribution in [0, 0.1) is 35.0 Å². The van der Waals surface area contributed by atoms with Crippen LogP contribution in [-0.2, 0) is 4.74 Å². The van der Waals surface area contributed by atoms with Crippen LogP contribution in [-0.4, -0.2) is 29.5 Å². The van der Waals surface area contributed by atoms with Crippen LogP contribution in [0.15, 0.2) is 23.0 Å². The summed E-state index contributed by atoms with van der Waals surface area (Å²) in [4.78, 5) is 0. The first-order chi connectivity index (χ1) is 13.1. The molecule has 150 valence electrons. The average Bonchev–Trinajstić information content (AvgIpc) is 3.45. The number of aliphatic hydroxyl groups is 2. The lowest BCUT2D eigenvalue weighted by atomic mass is 9.50. The molecule has 0 saturated heterocycles. The van der Waals surface area contributed by atoms with Gasteiger partial charge in [-0.25, -0.2) is 0 Å². The SMILES string of the molecule is CCC12CCC3C4=C(CCC3C1CC[C@@]2(O)[C@@H]1CC1CO)CC(OC)=CC4. The summed E-state index contributed by atoms with van der Waals surface area (Å²) in [6.45, 7) is 2.58. The van der Waals surface area contributed by atoms with Gasteiger partial charge in [0.2, 0.25) is 0 Å². The van der Waals surface area contributed by atoms with E-state index in [1.54, 1.807) is 18.3 Å². The lowest BCUT2D eigenvalue weighted by Crippen LogP contribution is -2.54. The van der Waals surface area contributed by atoms with Gasteiger partial charge in [0.05, 0.1) is 18.5 Å². The van der Waals surface area contributed by atoms with Crippen LogP contribution in [0.3, 0.4) is 0 Å². The second kappa shape index (κ2) is 6.35. The molecule has 5 rings (SSSR count). The number of ether oxygens (including phenoxy) is 1. The summed E-state index contributed by atoms with van der Waals surface area (Å²) in [5, 5.41) is 21.5. The van der Waals surface area contributed by atoms with Crippen molar-refractivity contribution in [3.63, 3.8) is 0 Å². The first kappa shape index (κ1) is 18.2. The Morgan fingerprint density at radius 3 is 2.74 bits per heavy atom. The van der Waals surface area contributed by atoms with Crippen molar-refractivity contribution in [2.75, 3.05) is 13.7 Å². The molecule has 0 aromatic carbocycles. The van der Waals surface area contributed by atoms with E-state index in [0.717, 1.165) is 49.7 Å². The average molecular weight is 373 g/mol. The maximum absolute atomic E-state index is 11.9. The van der Waals surface area contributed by atoms with Crippen molar-refractivity contribution in [2.45, 2.75) is 76.7 Å². The van der Waals surface area contributed by atoms with Gasteiger partial charge in [-0.1, -0.05) is 18.1 Å².